The Balaban J connectivity index is 1.97. The van der Waals surface area contributed by atoms with Crippen molar-refractivity contribution in [2.24, 2.45) is 5.73 Å². The van der Waals surface area contributed by atoms with Gasteiger partial charge in [-0.1, -0.05) is 23.7 Å². The Labute approximate surface area is 87.7 Å². The van der Waals surface area contributed by atoms with E-state index in [1.807, 2.05) is 24.3 Å². The third-order valence-corrected chi connectivity index (χ3v) is 4.07. The van der Waals surface area contributed by atoms with Gasteiger partial charge in [-0.3, -0.25) is 0 Å². The van der Waals surface area contributed by atoms with Crippen molar-refractivity contribution in [1.29, 1.82) is 0 Å². The predicted molar refractivity (Wildman–Crippen MR) is 58.3 cm³/mol. The van der Waals surface area contributed by atoms with Gasteiger partial charge in [0.25, 0.3) is 0 Å². The van der Waals surface area contributed by atoms with Gasteiger partial charge in [-0.05, 0) is 25.0 Å². The maximum atomic E-state index is 6.01. The fourth-order valence-electron chi connectivity index (χ4n) is 1.09. The van der Waals surface area contributed by atoms with Crippen molar-refractivity contribution in [3.63, 3.8) is 0 Å². The van der Waals surface area contributed by atoms with Crippen LogP contribution in [0.4, 0.5) is 0 Å². The van der Waals surface area contributed by atoms with E-state index >= 15 is 0 Å². The molecule has 0 radical (unpaired) electrons. The molecular formula is C10H12ClNS. The van der Waals surface area contributed by atoms with Crippen molar-refractivity contribution in [3.8, 4) is 0 Å². The van der Waals surface area contributed by atoms with Crippen molar-refractivity contribution in [2.75, 3.05) is 5.75 Å². The quantitative estimate of drug-likeness (QED) is 0.782. The maximum absolute atomic E-state index is 6.01. The minimum absolute atomic E-state index is 0.101. The molecule has 70 valence electrons. The molecule has 0 saturated heterocycles. The first kappa shape index (κ1) is 9.38. The van der Waals surface area contributed by atoms with E-state index in [4.69, 9.17) is 17.3 Å². The zero-order valence-corrected chi connectivity index (χ0v) is 8.87. The molecule has 1 aromatic carbocycles. The summed E-state index contributed by atoms with van der Waals surface area (Å²) in [5.41, 5.74) is 6.08. The summed E-state index contributed by atoms with van der Waals surface area (Å²) < 4.78 is 0. The van der Waals surface area contributed by atoms with Crippen molar-refractivity contribution in [2.45, 2.75) is 23.3 Å². The Morgan fingerprint density at radius 1 is 1.38 bits per heavy atom. The van der Waals surface area contributed by atoms with Gasteiger partial charge in [0.15, 0.2) is 0 Å². The summed E-state index contributed by atoms with van der Waals surface area (Å²) in [6, 6.07) is 7.91. The summed E-state index contributed by atoms with van der Waals surface area (Å²) in [6.07, 6.45) is 2.31. The van der Waals surface area contributed by atoms with Crippen LogP contribution in [0.25, 0.3) is 0 Å². The van der Waals surface area contributed by atoms with Gasteiger partial charge in [-0.25, -0.2) is 0 Å². The summed E-state index contributed by atoms with van der Waals surface area (Å²) in [5.74, 6) is 0.983. The summed E-state index contributed by atoms with van der Waals surface area (Å²) >= 11 is 7.77. The molecule has 1 fully saturated rings. The van der Waals surface area contributed by atoms with E-state index in [0.29, 0.717) is 0 Å². The van der Waals surface area contributed by atoms with E-state index in [1.54, 1.807) is 11.8 Å². The van der Waals surface area contributed by atoms with Crippen molar-refractivity contribution in [3.05, 3.63) is 29.3 Å². The minimum Gasteiger partial charge on any atom is -0.324 e. The van der Waals surface area contributed by atoms with Crippen LogP contribution in [0.2, 0.25) is 5.02 Å². The van der Waals surface area contributed by atoms with Gasteiger partial charge in [0.2, 0.25) is 0 Å². The number of thioether (sulfide) groups is 1. The van der Waals surface area contributed by atoms with Crippen LogP contribution in [-0.2, 0) is 0 Å². The third kappa shape index (κ3) is 2.39. The second kappa shape index (κ2) is 3.52. The van der Waals surface area contributed by atoms with Gasteiger partial charge in [0, 0.05) is 16.2 Å². The molecule has 1 aliphatic carbocycles. The van der Waals surface area contributed by atoms with Crippen LogP contribution >= 0.6 is 23.4 Å². The lowest BCUT2D eigenvalue weighted by atomic mass is 10.4. The normalized spacial score (nSPS) is 18.6. The molecule has 1 aliphatic rings. The van der Waals surface area contributed by atoms with Crippen LogP contribution in [0.3, 0.4) is 0 Å². The number of halogens is 1. The first-order chi connectivity index (χ1) is 6.20. The fourth-order valence-corrected chi connectivity index (χ4v) is 2.50. The highest BCUT2D eigenvalue weighted by molar-refractivity contribution is 7.99. The van der Waals surface area contributed by atoms with Crippen molar-refractivity contribution in [1.82, 2.24) is 0 Å². The molecule has 0 aromatic heterocycles. The van der Waals surface area contributed by atoms with E-state index < -0.39 is 0 Å². The highest BCUT2D eigenvalue weighted by atomic mass is 35.5. The Hall–Kier alpha value is -0.180. The van der Waals surface area contributed by atoms with Gasteiger partial charge in [-0.2, -0.15) is 0 Å². The summed E-state index contributed by atoms with van der Waals surface area (Å²) in [7, 11) is 0. The molecular weight excluding hydrogens is 202 g/mol. The monoisotopic (exact) mass is 213 g/mol. The minimum atomic E-state index is 0.101. The fraction of sp³-hybridized carbons (Fsp3) is 0.400. The molecule has 0 bridgehead atoms. The lowest BCUT2D eigenvalue weighted by Crippen LogP contribution is -2.24. The Morgan fingerprint density at radius 3 is 2.69 bits per heavy atom. The largest absolute Gasteiger partial charge is 0.324 e. The second-order valence-corrected chi connectivity index (χ2v) is 5.01. The zero-order valence-electron chi connectivity index (χ0n) is 7.29. The molecule has 1 saturated carbocycles. The molecule has 2 N–H and O–H groups in total. The number of benzene rings is 1. The molecule has 0 aliphatic heterocycles. The first-order valence-corrected chi connectivity index (χ1v) is 5.72. The van der Waals surface area contributed by atoms with Gasteiger partial charge < -0.3 is 5.73 Å². The maximum Gasteiger partial charge on any atom is 0.0541 e. The molecule has 1 nitrogen and oxygen atoms in total. The first-order valence-electron chi connectivity index (χ1n) is 4.36. The predicted octanol–water partition coefficient (Wildman–Crippen LogP) is 2.92. The molecule has 13 heavy (non-hydrogen) atoms. The number of hydrogen-bond donors (Lipinski definition) is 1. The van der Waals surface area contributed by atoms with Gasteiger partial charge in [-0.15, -0.1) is 11.8 Å². The van der Waals surface area contributed by atoms with Gasteiger partial charge in [0.1, 0.15) is 0 Å². The van der Waals surface area contributed by atoms with E-state index in [1.165, 1.54) is 0 Å². The number of hydrogen-bond acceptors (Lipinski definition) is 2. The average molecular weight is 214 g/mol. The van der Waals surface area contributed by atoms with Crippen molar-refractivity contribution < 1.29 is 0 Å². The van der Waals surface area contributed by atoms with Crippen LogP contribution in [0.15, 0.2) is 29.2 Å². The highest BCUT2D eigenvalue weighted by Crippen LogP contribution is 2.38. The number of rotatable bonds is 3. The standard InChI is InChI=1S/C10H12ClNS/c11-8-3-1-2-4-9(8)13-7-10(12)5-6-10/h1-4H,5-7,12H2. The van der Waals surface area contributed by atoms with Crippen molar-refractivity contribution >= 4 is 23.4 Å². The Bertz CT molecular complexity index is 310. The molecule has 0 atom stereocenters. The topological polar surface area (TPSA) is 26.0 Å². The van der Waals surface area contributed by atoms with Crippen LogP contribution in [-0.4, -0.2) is 11.3 Å². The molecule has 3 heteroatoms. The lowest BCUT2D eigenvalue weighted by molar-refractivity contribution is 0.776. The smallest absolute Gasteiger partial charge is 0.0541 e. The van der Waals surface area contributed by atoms with Crippen LogP contribution < -0.4 is 5.73 Å². The molecule has 0 amide bonds. The summed E-state index contributed by atoms with van der Waals surface area (Å²) in [6.45, 7) is 0. The molecule has 1 aromatic rings. The summed E-state index contributed by atoms with van der Waals surface area (Å²) in [5, 5.41) is 0.830. The zero-order chi connectivity index (χ0) is 9.31. The van der Waals surface area contributed by atoms with E-state index in [9.17, 15) is 0 Å². The molecule has 0 spiro atoms. The van der Waals surface area contributed by atoms with E-state index in [0.717, 1.165) is 28.5 Å². The van der Waals surface area contributed by atoms with E-state index in [2.05, 4.69) is 0 Å². The van der Waals surface area contributed by atoms with Crippen LogP contribution in [0.1, 0.15) is 12.8 Å². The van der Waals surface area contributed by atoms with Gasteiger partial charge >= 0.3 is 0 Å². The number of nitrogens with two attached hydrogens (primary N) is 1. The third-order valence-electron chi connectivity index (χ3n) is 2.24. The summed E-state index contributed by atoms with van der Waals surface area (Å²) in [4.78, 5) is 1.14. The average Bonchev–Trinajstić information content (AvgIpc) is 2.83. The SMILES string of the molecule is NC1(CSc2ccccc2Cl)CC1. The van der Waals surface area contributed by atoms with E-state index in [-0.39, 0.29) is 5.54 Å². The lowest BCUT2D eigenvalue weighted by Gasteiger charge is -2.08. The Kier molecular flexibility index (Phi) is 2.54. The van der Waals surface area contributed by atoms with Crippen LogP contribution in [0, 0.1) is 0 Å². The Morgan fingerprint density at radius 2 is 2.08 bits per heavy atom. The van der Waals surface area contributed by atoms with Gasteiger partial charge in [0.05, 0.1) is 5.02 Å². The molecule has 0 heterocycles. The highest BCUT2D eigenvalue weighted by Gasteiger charge is 2.37. The van der Waals surface area contributed by atoms with Crippen LogP contribution in [0.5, 0.6) is 0 Å². The second-order valence-electron chi connectivity index (χ2n) is 3.58. The molecule has 2 rings (SSSR count). The molecule has 0 unspecified atom stereocenters.